The molecule has 154 valence electrons. The summed E-state index contributed by atoms with van der Waals surface area (Å²) in [4.78, 5) is 23.6. The van der Waals surface area contributed by atoms with E-state index in [0.29, 0.717) is 29.4 Å². The van der Waals surface area contributed by atoms with Crippen molar-refractivity contribution in [2.75, 3.05) is 27.4 Å². The Morgan fingerprint density at radius 3 is 2.41 bits per heavy atom. The molecule has 2 aromatic carbocycles. The number of amides is 1. The number of methoxy groups -OCH3 is 2. The summed E-state index contributed by atoms with van der Waals surface area (Å²) in [6.45, 7) is 2.08. The highest BCUT2D eigenvalue weighted by Crippen LogP contribution is 2.26. The van der Waals surface area contributed by atoms with E-state index < -0.39 is 5.91 Å². The van der Waals surface area contributed by atoms with Gasteiger partial charge in [0.2, 0.25) is 0 Å². The summed E-state index contributed by atoms with van der Waals surface area (Å²) in [5, 5.41) is 3.89. The minimum atomic E-state index is -0.423. The smallest absolute Gasteiger partial charge is 0.338 e. The van der Waals surface area contributed by atoms with E-state index in [2.05, 4.69) is 10.5 Å². The first-order chi connectivity index (χ1) is 14.1. The van der Waals surface area contributed by atoms with E-state index in [1.807, 2.05) is 6.92 Å². The number of ether oxygens (including phenoxy) is 4. The van der Waals surface area contributed by atoms with Gasteiger partial charge >= 0.3 is 5.97 Å². The maximum atomic E-state index is 11.9. The Morgan fingerprint density at radius 2 is 1.76 bits per heavy atom. The summed E-state index contributed by atoms with van der Waals surface area (Å²) >= 11 is 0. The van der Waals surface area contributed by atoms with Crippen LogP contribution in [-0.2, 0) is 9.53 Å². The van der Waals surface area contributed by atoms with Gasteiger partial charge in [-0.05, 0) is 54.4 Å². The van der Waals surface area contributed by atoms with E-state index in [4.69, 9.17) is 18.9 Å². The molecule has 2 aromatic rings. The molecule has 0 aromatic heterocycles. The molecule has 8 heteroatoms. The molecule has 0 spiro atoms. The minimum absolute atomic E-state index is 0.219. The zero-order valence-corrected chi connectivity index (χ0v) is 16.6. The predicted octanol–water partition coefficient (Wildman–Crippen LogP) is 2.80. The molecule has 29 heavy (non-hydrogen) atoms. The lowest BCUT2D eigenvalue weighted by Crippen LogP contribution is -2.24. The highest BCUT2D eigenvalue weighted by molar-refractivity contribution is 5.89. The van der Waals surface area contributed by atoms with Gasteiger partial charge in [0.1, 0.15) is 5.75 Å². The van der Waals surface area contributed by atoms with Gasteiger partial charge in [-0.3, -0.25) is 4.79 Å². The summed E-state index contributed by atoms with van der Waals surface area (Å²) < 4.78 is 20.8. The van der Waals surface area contributed by atoms with Crippen LogP contribution in [-0.4, -0.2) is 45.5 Å². The first-order valence-electron chi connectivity index (χ1n) is 9.01. The van der Waals surface area contributed by atoms with Crippen molar-refractivity contribution in [2.24, 2.45) is 5.10 Å². The molecule has 0 radical (unpaired) electrons. The quantitative estimate of drug-likeness (QED) is 0.374. The Hall–Kier alpha value is -3.55. The van der Waals surface area contributed by atoms with Gasteiger partial charge in [-0.1, -0.05) is 6.92 Å². The molecule has 8 nitrogen and oxygen atoms in total. The molecule has 0 heterocycles. The molecule has 0 aliphatic rings. The number of benzene rings is 2. The minimum Gasteiger partial charge on any atom is -0.493 e. The second-order valence-corrected chi connectivity index (χ2v) is 5.86. The van der Waals surface area contributed by atoms with Crippen LogP contribution in [0.2, 0.25) is 0 Å². The number of hydrazone groups is 1. The van der Waals surface area contributed by atoms with Crippen LogP contribution in [0.15, 0.2) is 47.6 Å². The summed E-state index contributed by atoms with van der Waals surface area (Å²) in [7, 11) is 3.09. The summed E-state index contributed by atoms with van der Waals surface area (Å²) in [6.07, 6.45) is 2.24. The molecule has 0 fully saturated rings. The summed E-state index contributed by atoms with van der Waals surface area (Å²) in [5.41, 5.74) is 3.54. The van der Waals surface area contributed by atoms with Crippen LogP contribution in [0.1, 0.15) is 29.3 Å². The standard InChI is InChI=1S/C21H24N2O6/c1-4-11-28-21(25)16-6-8-17(9-7-16)29-14-20(24)23-22-13-15-5-10-18(26-2)19(12-15)27-3/h5-10,12-13H,4,11,14H2,1-3H3,(H,23,24). The van der Waals surface area contributed by atoms with Crippen molar-refractivity contribution in [3.05, 3.63) is 53.6 Å². The maximum Gasteiger partial charge on any atom is 0.338 e. The molecule has 2 rings (SSSR count). The third-order valence-corrected chi connectivity index (χ3v) is 3.71. The molecule has 0 aliphatic heterocycles. The van der Waals surface area contributed by atoms with E-state index in [-0.39, 0.29) is 12.6 Å². The van der Waals surface area contributed by atoms with Crippen molar-refractivity contribution >= 4 is 18.1 Å². The van der Waals surface area contributed by atoms with E-state index in [9.17, 15) is 9.59 Å². The first-order valence-corrected chi connectivity index (χ1v) is 9.01. The van der Waals surface area contributed by atoms with Crippen LogP contribution in [0.4, 0.5) is 0 Å². The van der Waals surface area contributed by atoms with Gasteiger partial charge < -0.3 is 18.9 Å². The number of carbonyl (C=O) groups is 2. The maximum absolute atomic E-state index is 11.9. The topological polar surface area (TPSA) is 95.5 Å². The Labute approximate surface area is 169 Å². The monoisotopic (exact) mass is 400 g/mol. The predicted molar refractivity (Wildman–Crippen MR) is 108 cm³/mol. The van der Waals surface area contributed by atoms with Crippen LogP contribution in [0.5, 0.6) is 17.2 Å². The summed E-state index contributed by atoms with van der Waals surface area (Å²) in [5.74, 6) is 0.810. The van der Waals surface area contributed by atoms with E-state index in [1.165, 1.54) is 6.21 Å². The van der Waals surface area contributed by atoms with Crippen molar-refractivity contribution in [3.8, 4) is 17.2 Å². The van der Waals surface area contributed by atoms with Gasteiger partial charge in [0, 0.05) is 0 Å². The zero-order valence-electron chi connectivity index (χ0n) is 16.6. The molecule has 1 N–H and O–H groups in total. The van der Waals surface area contributed by atoms with Crippen LogP contribution >= 0.6 is 0 Å². The van der Waals surface area contributed by atoms with Gasteiger partial charge in [0.15, 0.2) is 18.1 Å². The largest absolute Gasteiger partial charge is 0.493 e. The van der Waals surface area contributed by atoms with Gasteiger partial charge in [-0.15, -0.1) is 0 Å². The van der Waals surface area contributed by atoms with E-state index in [1.54, 1.807) is 56.7 Å². The Kier molecular flexibility index (Phi) is 8.50. The SMILES string of the molecule is CCCOC(=O)c1ccc(OCC(=O)NN=Cc2ccc(OC)c(OC)c2)cc1. The fourth-order valence-electron chi connectivity index (χ4n) is 2.26. The molecule has 0 aliphatic carbocycles. The van der Waals surface area contributed by atoms with Crippen molar-refractivity contribution in [1.29, 1.82) is 0 Å². The Bertz CT molecular complexity index is 849. The number of nitrogens with zero attached hydrogens (tertiary/aromatic N) is 1. The number of hydrogen-bond donors (Lipinski definition) is 1. The molecular weight excluding hydrogens is 376 g/mol. The number of hydrogen-bond acceptors (Lipinski definition) is 7. The third-order valence-electron chi connectivity index (χ3n) is 3.71. The molecule has 1 amide bonds. The average molecular weight is 400 g/mol. The lowest BCUT2D eigenvalue weighted by molar-refractivity contribution is -0.123. The molecule has 0 saturated carbocycles. The fourth-order valence-corrected chi connectivity index (χ4v) is 2.26. The second-order valence-electron chi connectivity index (χ2n) is 5.86. The van der Waals surface area contributed by atoms with E-state index >= 15 is 0 Å². The molecule has 0 atom stereocenters. The van der Waals surface area contributed by atoms with Crippen molar-refractivity contribution in [2.45, 2.75) is 13.3 Å². The Morgan fingerprint density at radius 1 is 1.03 bits per heavy atom. The van der Waals surface area contributed by atoms with Gasteiger partial charge in [0.25, 0.3) is 5.91 Å². The first kappa shape index (κ1) is 21.7. The van der Waals surface area contributed by atoms with Crippen LogP contribution in [0.3, 0.4) is 0 Å². The molecule has 0 saturated heterocycles. The lowest BCUT2D eigenvalue weighted by atomic mass is 10.2. The second kappa shape index (κ2) is 11.3. The van der Waals surface area contributed by atoms with Crippen LogP contribution in [0.25, 0.3) is 0 Å². The van der Waals surface area contributed by atoms with E-state index in [0.717, 1.165) is 12.0 Å². The van der Waals surface area contributed by atoms with Crippen LogP contribution in [0, 0.1) is 0 Å². The highest BCUT2D eigenvalue weighted by atomic mass is 16.5. The lowest BCUT2D eigenvalue weighted by Gasteiger charge is -2.08. The fraction of sp³-hybridized carbons (Fsp3) is 0.286. The zero-order chi connectivity index (χ0) is 21.1. The highest BCUT2D eigenvalue weighted by Gasteiger charge is 2.08. The molecular formula is C21H24N2O6. The summed E-state index contributed by atoms with van der Waals surface area (Å²) in [6, 6.07) is 11.6. The normalized spacial score (nSPS) is 10.4. The van der Waals surface area contributed by atoms with Crippen LogP contribution < -0.4 is 19.6 Å². The number of nitrogens with one attached hydrogen (secondary N) is 1. The van der Waals surface area contributed by atoms with Gasteiger partial charge in [-0.25, -0.2) is 10.2 Å². The van der Waals surface area contributed by atoms with Gasteiger partial charge in [-0.2, -0.15) is 5.10 Å². The van der Waals surface area contributed by atoms with Crippen molar-refractivity contribution in [1.82, 2.24) is 5.43 Å². The number of rotatable bonds is 10. The number of carbonyl (C=O) groups excluding carboxylic acids is 2. The average Bonchev–Trinajstić information content (AvgIpc) is 2.76. The molecule has 0 bridgehead atoms. The Balaban J connectivity index is 1.81. The number of esters is 1. The van der Waals surface area contributed by atoms with Gasteiger partial charge in [0.05, 0.1) is 32.6 Å². The van der Waals surface area contributed by atoms with Crippen molar-refractivity contribution < 1.29 is 28.5 Å². The van der Waals surface area contributed by atoms with Crippen molar-refractivity contribution in [3.63, 3.8) is 0 Å². The third kappa shape index (κ3) is 6.84. The molecule has 0 unspecified atom stereocenters.